The summed E-state index contributed by atoms with van der Waals surface area (Å²) in [6, 6.07) is 21.4. The van der Waals surface area contributed by atoms with Gasteiger partial charge in [-0.15, -0.1) is 0 Å². The third-order valence-corrected chi connectivity index (χ3v) is 4.43. The molecular weight excluding hydrogens is 420 g/mol. The van der Waals surface area contributed by atoms with Crippen molar-refractivity contribution >= 4 is 27.7 Å². The van der Waals surface area contributed by atoms with Gasteiger partial charge in [-0.05, 0) is 25.2 Å². The van der Waals surface area contributed by atoms with Gasteiger partial charge in [-0.25, -0.2) is 0 Å². The third kappa shape index (κ3) is 4.05. The predicted octanol–water partition coefficient (Wildman–Crippen LogP) is 3.44. The van der Waals surface area contributed by atoms with E-state index in [4.69, 9.17) is 0 Å². The Labute approximate surface area is 115 Å². The van der Waals surface area contributed by atoms with Gasteiger partial charge in [-0.3, -0.25) is 0 Å². The monoisotopic (exact) mass is 432 g/mol. The summed E-state index contributed by atoms with van der Waals surface area (Å²) in [7, 11) is 4.41. The molecule has 0 atom stereocenters. The summed E-state index contributed by atoms with van der Waals surface area (Å²) < 4.78 is 0. The predicted molar refractivity (Wildman–Crippen MR) is 70.8 cm³/mol. The van der Waals surface area contributed by atoms with Crippen molar-refractivity contribution in [1.82, 2.24) is 0 Å². The minimum absolute atomic E-state index is 0.171. The Morgan fingerprint density at radius 3 is 1.38 bits per heavy atom. The molecule has 0 aromatic heterocycles. The van der Waals surface area contributed by atoms with Crippen molar-refractivity contribution in [2.24, 2.45) is 0 Å². The molecule has 2 aromatic carbocycles. The first kappa shape index (κ1) is 14.0. The standard InChI is InChI=1S/C13H13P.Au.ClH/c1-14(12-8-4-2-5-9-12)13-10-6-3-7-11-13;;/h2-11H,1H3;;1H/q;+1;/p-1. The van der Waals surface area contributed by atoms with E-state index in [1.807, 2.05) is 0 Å². The van der Waals surface area contributed by atoms with E-state index >= 15 is 0 Å². The first-order chi connectivity index (χ1) is 7.88. The van der Waals surface area contributed by atoms with Gasteiger partial charge >= 0.3 is 29.2 Å². The fourth-order valence-corrected chi connectivity index (χ4v) is 2.99. The number of halogens is 1. The van der Waals surface area contributed by atoms with Crippen molar-refractivity contribution < 1.29 is 20.0 Å². The van der Waals surface area contributed by atoms with Crippen molar-refractivity contribution in [3.63, 3.8) is 0 Å². The molecule has 0 aliphatic heterocycles. The quantitative estimate of drug-likeness (QED) is 0.504. The van der Waals surface area contributed by atoms with Crippen LogP contribution < -0.4 is 10.6 Å². The zero-order valence-electron chi connectivity index (χ0n) is 8.90. The molecule has 2 rings (SSSR count). The second-order valence-electron chi connectivity index (χ2n) is 3.23. The van der Waals surface area contributed by atoms with Gasteiger partial charge in [0.15, 0.2) is 0 Å². The Hall–Kier alpha value is -0.0997. The topological polar surface area (TPSA) is 0 Å². The molecule has 0 bridgehead atoms. The molecule has 0 N–H and O–H groups in total. The van der Waals surface area contributed by atoms with Crippen LogP contribution in [0.2, 0.25) is 0 Å². The van der Waals surface area contributed by atoms with Crippen LogP contribution in [0.15, 0.2) is 60.7 Å². The van der Waals surface area contributed by atoms with Crippen LogP contribution in [0.1, 0.15) is 0 Å². The first-order valence-electron chi connectivity index (χ1n) is 4.83. The second-order valence-corrected chi connectivity index (χ2v) is 5.38. The Kier molecular flexibility index (Phi) is 7.03. The maximum absolute atomic E-state index is 4.58. The molecule has 0 saturated heterocycles. The average Bonchev–Trinajstić information content (AvgIpc) is 2.42. The van der Waals surface area contributed by atoms with Crippen LogP contribution in [-0.2, 0) is 20.0 Å². The zero-order chi connectivity index (χ0) is 11.8. The summed E-state index contributed by atoms with van der Waals surface area (Å²) in [5, 5.41) is 2.88. The molecule has 0 amide bonds. The van der Waals surface area contributed by atoms with E-state index in [1.54, 1.807) is 20.0 Å². The van der Waals surface area contributed by atoms with E-state index in [1.165, 1.54) is 10.6 Å². The van der Waals surface area contributed by atoms with Crippen molar-refractivity contribution in [3.05, 3.63) is 60.7 Å². The SMILES string of the molecule is CP(c1ccccc1)c1ccccc1.[Cl][Au]. The number of benzene rings is 2. The van der Waals surface area contributed by atoms with E-state index in [-0.39, 0.29) is 7.92 Å². The number of hydrogen-bond donors (Lipinski definition) is 0. The van der Waals surface area contributed by atoms with Crippen LogP contribution in [0.4, 0.5) is 0 Å². The fraction of sp³-hybridized carbons (Fsp3) is 0.0769. The molecule has 0 unspecified atom stereocenters. The minimum atomic E-state index is -0.171. The molecule has 0 heterocycles. The van der Waals surface area contributed by atoms with E-state index in [2.05, 4.69) is 76.5 Å². The van der Waals surface area contributed by atoms with Crippen LogP contribution >= 0.6 is 17.1 Å². The molecule has 2 aromatic rings. The van der Waals surface area contributed by atoms with Gasteiger partial charge < -0.3 is 0 Å². The molecule has 0 aliphatic carbocycles. The Bertz CT molecular complexity index is 352. The Balaban J connectivity index is 0.000000606. The van der Waals surface area contributed by atoms with E-state index in [0.717, 1.165) is 0 Å². The second kappa shape index (κ2) is 8.06. The molecule has 0 fully saturated rings. The summed E-state index contributed by atoms with van der Waals surface area (Å²) in [6.45, 7) is 2.31. The Morgan fingerprint density at radius 1 is 0.750 bits per heavy atom. The van der Waals surface area contributed by atoms with Gasteiger partial charge in [0.25, 0.3) is 0 Å². The van der Waals surface area contributed by atoms with E-state index < -0.39 is 0 Å². The molecule has 0 saturated carbocycles. The van der Waals surface area contributed by atoms with Crippen LogP contribution in [0.3, 0.4) is 0 Å². The first-order valence-corrected chi connectivity index (χ1v) is 9.30. The summed E-state index contributed by atoms with van der Waals surface area (Å²) in [4.78, 5) is 0. The van der Waals surface area contributed by atoms with Crippen molar-refractivity contribution in [2.45, 2.75) is 0 Å². The van der Waals surface area contributed by atoms with Gasteiger partial charge in [-0.1, -0.05) is 60.7 Å². The zero-order valence-corrected chi connectivity index (χ0v) is 12.7. The third-order valence-electron chi connectivity index (χ3n) is 2.29. The Morgan fingerprint density at radius 2 is 1.06 bits per heavy atom. The van der Waals surface area contributed by atoms with E-state index in [9.17, 15) is 0 Å². The van der Waals surface area contributed by atoms with Gasteiger partial charge in [0.1, 0.15) is 0 Å². The molecule has 0 aliphatic rings. The number of rotatable bonds is 2. The van der Waals surface area contributed by atoms with Crippen molar-refractivity contribution in [2.75, 3.05) is 6.66 Å². The molecular formula is C13H13AuClP. The molecule has 3 heteroatoms. The maximum atomic E-state index is 4.58. The summed E-state index contributed by atoms with van der Waals surface area (Å²) in [5.74, 6) is 0. The van der Waals surface area contributed by atoms with Gasteiger partial charge in [0.2, 0.25) is 0 Å². The summed E-state index contributed by atoms with van der Waals surface area (Å²) in [5.41, 5.74) is 0. The van der Waals surface area contributed by atoms with E-state index in [0.29, 0.717) is 0 Å². The van der Waals surface area contributed by atoms with Gasteiger partial charge in [0, 0.05) is 0 Å². The number of hydrogen-bond acceptors (Lipinski definition) is 0. The average molecular weight is 433 g/mol. The molecule has 88 valence electrons. The van der Waals surface area contributed by atoms with Crippen molar-refractivity contribution in [1.29, 1.82) is 0 Å². The van der Waals surface area contributed by atoms with Crippen LogP contribution in [-0.4, -0.2) is 6.66 Å². The molecule has 0 nitrogen and oxygen atoms in total. The summed E-state index contributed by atoms with van der Waals surface area (Å²) >= 11 is 1.75. The normalized spacial score (nSPS) is 9.56. The van der Waals surface area contributed by atoms with Crippen LogP contribution in [0.5, 0.6) is 0 Å². The van der Waals surface area contributed by atoms with Crippen LogP contribution in [0.25, 0.3) is 0 Å². The molecule has 16 heavy (non-hydrogen) atoms. The van der Waals surface area contributed by atoms with Crippen molar-refractivity contribution in [3.8, 4) is 0 Å². The molecule has 0 radical (unpaired) electrons. The van der Waals surface area contributed by atoms with Crippen LogP contribution in [0, 0.1) is 0 Å². The molecule has 0 spiro atoms. The summed E-state index contributed by atoms with van der Waals surface area (Å²) in [6.07, 6.45) is 0. The van der Waals surface area contributed by atoms with Gasteiger partial charge in [-0.2, -0.15) is 0 Å². The van der Waals surface area contributed by atoms with Gasteiger partial charge in [0.05, 0.1) is 0 Å². The fourth-order valence-electron chi connectivity index (χ4n) is 1.45.